The number of sulfonamides is 1. The predicted molar refractivity (Wildman–Crippen MR) is 147 cm³/mol. The van der Waals surface area contributed by atoms with Crippen molar-refractivity contribution in [1.29, 1.82) is 0 Å². The molecular weight excluding hydrogens is 631 g/mol. The minimum Gasteiger partial charge on any atom is -0.497 e. The van der Waals surface area contributed by atoms with Crippen LogP contribution in [0.3, 0.4) is 0 Å². The summed E-state index contributed by atoms with van der Waals surface area (Å²) in [6.45, 7) is 0.0704. The molecule has 37 heavy (non-hydrogen) atoms. The van der Waals surface area contributed by atoms with Crippen molar-refractivity contribution < 1.29 is 26.7 Å². The van der Waals surface area contributed by atoms with Gasteiger partial charge in [-0.2, -0.15) is 9.42 Å². The highest BCUT2D eigenvalue weighted by Crippen LogP contribution is 2.33. The van der Waals surface area contributed by atoms with E-state index in [1.54, 1.807) is 68.8 Å². The number of benzene rings is 3. The van der Waals surface area contributed by atoms with Gasteiger partial charge in [-0.15, -0.1) is 5.10 Å². The van der Waals surface area contributed by atoms with E-state index in [0.717, 1.165) is 0 Å². The number of rotatable bonds is 10. The van der Waals surface area contributed by atoms with Gasteiger partial charge in [-0.05, 0) is 75.3 Å². The minimum atomic E-state index is -4.35. The van der Waals surface area contributed by atoms with E-state index < -0.39 is 21.1 Å². The van der Waals surface area contributed by atoms with Crippen molar-refractivity contribution in [2.75, 3.05) is 20.8 Å². The molecule has 194 valence electrons. The average Bonchev–Trinajstić information content (AvgIpc) is 3.43. The lowest BCUT2D eigenvalue weighted by Gasteiger charge is -2.25. The molecule has 0 spiro atoms. The molecule has 1 aliphatic rings. The number of hydrogen-bond donors (Lipinski definition) is 1. The summed E-state index contributed by atoms with van der Waals surface area (Å²) in [7, 11) is -1.25. The first-order valence-corrected chi connectivity index (χ1v) is 14.5. The highest BCUT2D eigenvalue weighted by Gasteiger charge is 2.35. The van der Waals surface area contributed by atoms with E-state index in [2.05, 4.69) is 15.4 Å². The summed E-state index contributed by atoms with van der Waals surface area (Å²) in [4.78, 5) is -0.521. The molecule has 1 unspecified atom stereocenters. The Balaban J connectivity index is 1.86. The molecule has 0 aliphatic carbocycles. The number of hydrogen-bond acceptors (Lipinski definition) is 8. The highest BCUT2D eigenvalue weighted by molar-refractivity contribution is 14.1. The molecule has 0 saturated carbocycles. The van der Waals surface area contributed by atoms with Gasteiger partial charge >= 0.3 is 0 Å². The average molecular weight is 655 g/mol. The topological polar surface area (TPSA) is 130 Å². The van der Waals surface area contributed by atoms with E-state index in [-0.39, 0.29) is 35.0 Å². The second kappa shape index (κ2) is 11.8. The van der Waals surface area contributed by atoms with Crippen LogP contribution >= 0.6 is 22.6 Å². The number of nitrogens with zero attached hydrogens (tertiary/aromatic N) is 4. The second-order valence-electron chi connectivity index (χ2n) is 7.90. The zero-order valence-electron chi connectivity index (χ0n) is 19.9. The first-order valence-electron chi connectivity index (χ1n) is 10.9. The van der Waals surface area contributed by atoms with Gasteiger partial charge in [0.05, 0.1) is 24.8 Å². The molecule has 0 bridgehead atoms. The first kappa shape index (κ1) is 27.3. The van der Waals surface area contributed by atoms with Crippen LogP contribution in [-0.2, 0) is 34.2 Å². The lowest BCUT2D eigenvalue weighted by Crippen LogP contribution is -2.33. The Bertz CT molecular complexity index is 1430. The maximum Gasteiger partial charge on any atom is 0.245 e. The summed E-state index contributed by atoms with van der Waals surface area (Å²) >= 11 is -0.596. The first-order chi connectivity index (χ1) is 17.7. The Labute approximate surface area is 230 Å². The summed E-state index contributed by atoms with van der Waals surface area (Å²) in [6, 6.07) is 17.0. The fourth-order valence-corrected chi connectivity index (χ4v) is 7.39. The maximum absolute atomic E-state index is 14.4. The summed E-state index contributed by atoms with van der Waals surface area (Å²) < 4.78 is 63.4. The maximum atomic E-state index is 14.4. The van der Waals surface area contributed by atoms with Crippen LogP contribution in [-0.4, -0.2) is 48.0 Å². The zero-order chi connectivity index (χ0) is 26.6. The van der Waals surface area contributed by atoms with Crippen molar-refractivity contribution in [2.45, 2.75) is 22.9 Å². The Morgan fingerprint density at radius 2 is 1.49 bits per heavy atom. The zero-order valence-corrected chi connectivity index (χ0v) is 23.7. The van der Waals surface area contributed by atoms with Crippen LogP contribution in [0.2, 0.25) is 0 Å². The van der Waals surface area contributed by atoms with Crippen LogP contribution in [0.25, 0.3) is 0 Å². The highest BCUT2D eigenvalue weighted by atomic mass is 127. The summed E-state index contributed by atoms with van der Waals surface area (Å²) in [6.07, 6.45) is 0. The fraction of sp³-hybridized carbons (Fsp3) is 0.208. The quantitative estimate of drug-likeness (QED) is 0.254. The van der Waals surface area contributed by atoms with E-state index in [9.17, 15) is 17.2 Å². The van der Waals surface area contributed by atoms with Crippen LogP contribution in [0.4, 0.5) is 0 Å². The smallest absolute Gasteiger partial charge is 0.245 e. The van der Waals surface area contributed by atoms with Crippen molar-refractivity contribution >= 4 is 49.4 Å². The van der Waals surface area contributed by atoms with Crippen molar-refractivity contribution in [3.63, 3.8) is 0 Å². The van der Waals surface area contributed by atoms with Crippen LogP contribution in [0.15, 0.2) is 85.9 Å². The molecule has 3 aromatic carbocycles. The lowest BCUT2D eigenvalue weighted by atomic mass is 10.1. The molecule has 13 heteroatoms. The normalized spacial score (nSPS) is 14.0. The number of halogens is 1. The lowest BCUT2D eigenvalue weighted by molar-refractivity contribution is 0.396. The molecule has 1 heterocycles. The number of methoxy groups -OCH3 is 2. The molecule has 0 aromatic heterocycles. The third-order valence-electron chi connectivity index (χ3n) is 5.63. The van der Waals surface area contributed by atoms with Gasteiger partial charge in [0.2, 0.25) is 10.0 Å². The molecule has 0 saturated heterocycles. The molecule has 0 fully saturated rings. The number of ether oxygens (including phenoxy) is 2. The van der Waals surface area contributed by atoms with Gasteiger partial charge in [0.1, 0.15) is 22.9 Å². The van der Waals surface area contributed by atoms with E-state index in [1.807, 2.05) is 22.6 Å². The van der Waals surface area contributed by atoms with Crippen LogP contribution in [0, 0.1) is 3.57 Å². The molecule has 1 atom stereocenters. The summed E-state index contributed by atoms with van der Waals surface area (Å²) in [5, 5.41) is 11.5. The molecular formula is C24H23IN4O6S2. The van der Waals surface area contributed by atoms with Crippen molar-refractivity contribution in [1.82, 2.24) is 4.31 Å². The van der Waals surface area contributed by atoms with Gasteiger partial charge in [-0.1, -0.05) is 24.3 Å². The Kier molecular flexibility index (Phi) is 8.69. The van der Waals surface area contributed by atoms with E-state index in [0.29, 0.717) is 31.9 Å². The second-order valence-corrected chi connectivity index (χ2v) is 11.9. The molecule has 1 aliphatic heterocycles. The molecule has 1 N–H and O–H groups in total. The van der Waals surface area contributed by atoms with Gasteiger partial charge in [-0.25, -0.2) is 12.6 Å². The molecule has 10 nitrogen and oxygen atoms in total. The Morgan fingerprint density at radius 3 is 1.92 bits per heavy atom. The third kappa shape index (κ3) is 6.06. The van der Waals surface area contributed by atoms with Crippen molar-refractivity contribution in [3.8, 4) is 11.5 Å². The van der Waals surface area contributed by atoms with Gasteiger partial charge in [-0.3, -0.25) is 0 Å². The monoisotopic (exact) mass is 654 g/mol. The molecule has 0 amide bonds. The van der Waals surface area contributed by atoms with Gasteiger partial charge in [0.15, 0.2) is 11.1 Å². The van der Waals surface area contributed by atoms with Crippen LogP contribution in [0.5, 0.6) is 11.5 Å². The largest absolute Gasteiger partial charge is 0.497 e. The molecule has 4 rings (SSSR count). The van der Waals surface area contributed by atoms with Crippen LogP contribution in [0.1, 0.15) is 16.7 Å². The van der Waals surface area contributed by atoms with Crippen molar-refractivity contribution in [2.24, 2.45) is 15.4 Å². The standard InChI is InChI=1S/C24H23IN4O6S2/c1-34-18-7-3-16(4-8-18)14-29(15-17-5-9-19(35-2)10-6-17)37(32,33)24-22(36(30)31)12-11-20(25)23(24)21-13-26-28-27-21/h3-12H,13-15H2,1-2H3,(H,30,31). The third-order valence-corrected chi connectivity index (χ3v) is 9.25. The van der Waals surface area contributed by atoms with E-state index >= 15 is 0 Å². The van der Waals surface area contributed by atoms with E-state index in [4.69, 9.17) is 9.47 Å². The summed E-state index contributed by atoms with van der Waals surface area (Å²) in [5.41, 5.74) is 1.95. The van der Waals surface area contributed by atoms with E-state index in [1.165, 1.54) is 10.4 Å². The fourth-order valence-electron chi connectivity index (χ4n) is 3.77. The SMILES string of the molecule is COc1ccc(CN(Cc2ccc(OC)cc2)S(=O)(=O)c2c(S(=O)O)ccc(I)c2C2=NN=NC2)cc1. The van der Waals surface area contributed by atoms with Crippen molar-refractivity contribution in [3.05, 3.63) is 80.9 Å². The Hall–Kier alpha value is -2.72. The predicted octanol–water partition coefficient (Wildman–Crippen LogP) is 4.45. The molecule has 3 aromatic rings. The summed E-state index contributed by atoms with van der Waals surface area (Å²) in [5.74, 6) is 1.27. The van der Waals surface area contributed by atoms with Gasteiger partial charge < -0.3 is 14.0 Å². The minimum absolute atomic E-state index is 0.00198. The van der Waals surface area contributed by atoms with Gasteiger partial charge in [0.25, 0.3) is 0 Å². The van der Waals surface area contributed by atoms with Crippen LogP contribution < -0.4 is 9.47 Å². The molecule has 0 radical (unpaired) electrons. The van der Waals surface area contributed by atoms with Gasteiger partial charge in [0, 0.05) is 22.2 Å². The Morgan fingerprint density at radius 1 is 0.946 bits per heavy atom.